The van der Waals surface area contributed by atoms with Crippen molar-refractivity contribution in [3.05, 3.63) is 39.7 Å². The summed E-state index contributed by atoms with van der Waals surface area (Å²) in [7, 11) is 0. The van der Waals surface area contributed by atoms with Crippen LogP contribution in [0, 0.1) is 12.7 Å². The minimum Gasteiger partial charge on any atom is -0.478 e. The van der Waals surface area contributed by atoms with Crippen LogP contribution in [0.25, 0.3) is 0 Å². The van der Waals surface area contributed by atoms with Crippen LogP contribution in [0.15, 0.2) is 17.6 Å². The van der Waals surface area contributed by atoms with Crippen molar-refractivity contribution in [1.29, 1.82) is 0 Å². The molecule has 2 rings (SSSR count). The number of rotatable bonds is 5. The zero-order valence-electron chi connectivity index (χ0n) is 10.2. The van der Waals surface area contributed by atoms with Gasteiger partial charge in [0.1, 0.15) is 17.2 Å². The number of aromatic carboxylic acids is 1. The van der Waals surface area contributed by atoms with Crippen molar-refractivity contribution >= 4 is 23.1 Å². The van der Waals surface area contributed by atoms with Gasteiger partial charge in [0.05, 0.1) is 16.9 Å². The molecular formula is C12H12FN3O2S. The Morgan fingerprint density at radius 2 is 2.37 bits per heavy atom. The molecule has 0 spiro atoms. The highest BCUT2D eigenvalue weighted by Crippen LogP contribution is 2.14. The molecule has 0 radical (unpaired) electrons. The third kappa shape index (κ3) is 3.47. The van der Waals surface area contributed by atoms with Gasteiger partial charge in [-0.1, -0.05) is 0 Å². The van der Waals surface area contributed by atoms with Crippen molar-refractivity contribution in [1.82, 2.24) is 9.97 Å². The van der Waals surface area contributed by atoms with Gasteiger partial charge in [-0.15, -0.1) is 11.3 Å². The number of hydrogen-bond donors (Lipinski definition) is 2. The van der Waals surface area contributed by atoms with E-state index in [9.17, 15) is 9.18 Å². The highest BCUT2D eigenvalue weighted by Gasteiger charge is 2.12. The van der Waals surface area contributed by atoms with Gasteiger partial charge in [-0.2, -0.15) is 0 Å². The second-order valence-electron chi connectivity index (χ2n) is 3.89. The number of halogens is 1. The Hall–Kier alpha value is -2.02. The Morgan fingerprint density at radius 1 is 1.58 bits per heavy atom. The monoisotopic (exact) mass is 281 g/mol. The molecule has 2 heterocycles. The van der Waals surface area contributed by atoms with Gasteiger partial charge in [-0.05, 0) is 13.0 Å². The third-order valence-electron chi connectivity index (χ3n) is 2.42. The molecular weight excluding hydrogens is 269 g/mol. The molecule has 0 unspecified atom stereocenters. The number of carboxylic acids is 1. The number of nitrogens with one attached hydrogen (secondary N) is 1. The van der Waals surface area contributed by atoms with E-state index >= 15 is 0 Å². The van der Waals surface area contributed by atoms with Gasteiger partial charge in [0.25, 0.3) is 0 Å². The van der Waals surface area contributed by atoms with Gasteiger partial charge in [-0.25, -0.2) is 19.2 Å². The molecule has 2 N–H and O–H groups in total. The fourth-order valence-corrected chi connectivity index (χ4v) is 2.22. The predicted molar refractivity (Wildman–Crippen MR) is 70.2 cm³/mol. The van der Waals surface area contributed by atoms with Crippen LogP contribution in [-0.2, 0) is 6.42 Å². The van der Waals surface area contributed by atoms with E-state index in [2.05, 4.69) is 15.3 Å². The average Bonchev–Trinajstić information content (AvgIpc) is 2.77. The van der Waals surface area contributed by atoms with Crippen LogP contribution in [0.5, 0.6) is 0 Å². The SMILES string of the molecule is Cc1nc(CCNc2ncc(F)cc2C(=O)O)cs1. The topological polar surface area (TPSA) is 75.1 Å². The summed E-state index contributed by atoms with van der Waals surface area (Å²) in [6, 6.07) is 0.949. The standard InChI is InChI=1S/C12H12FN3O2S/c1-7-16-9(6-19-7)2-3-14-11-10(12(17)18)4-8(13)5-15-11/h4-6H,2-3H2,1H3,(H,14,15)(H,17,18). The number of carboxylic acid groups (broad SMARTS) is 1. The van der Waals surface area contributed by atoms with E-state index in [1.54, 1.807) is 11.3 Å². The second kappa shape index (κ2) is 5.75. The molecule has 0 saturated carbocycles. The van der Waals surface area contributed by atoms with Crippen LogP contribution in [0.1, 0.15) is 21.1 Å². The molecule has 7 heteroatoms. The molecule has 0 aliphatic carbocycles. The summed E-state index contributed by atoms with van der Waals surface area (Å²) >= 11 is 1.56. The lowest BCUT2D eigenvalue weighted by Gasteiger charge is -2.07. The first-order valence-corrected chi connectivity index (χ1v) is 6.48. The molecule has 2 aromatic heterocycles. The largest absolute Gasteiger partial charge is 0.478 e. The molecule has 100 valence electrons. The highest BCUT2D eigenvalue weighted by atomic mass is 32.1. The molecule has 0 amide bonds. The molecule has 0 aliphatic rings. The van der Waals surface area contributed by atoms with Crippen LogP contribution in [0.4, 0.5) is 10.2 Å². The van der Waals surface area contributed by atoms with Gasteiger partial charge in [0.15, 0.2) is 0 Å². The van der Waals surface area contributed by atoms with Crippen LogP contribution >= 0.6 is 11.3 Å². The van der Waals surface area contributed by atoms with Crippen molar-refractivity contribution in [2.24, 2.45) is 0 Å². The first kappa shape index (κ1) is 13.4. The van der Waals surface area contributed by atoms with E-state index in [1.807, 2.05) is 12.3 Å². The number of thiazole rings is 1. The summed E-state index contributed by atoms with van der Waals surface area (Å²) in [5.74, 6) is -1.71. The maximum absolute atomic E-state index is 12.9. The fraction of sp³-hybridized carbons (Fsp3) is 0.250. The van der Waals surface area contributed by atoms with Crippen LogP contribution in [0.3, 0.4) is 0 Å². The number of carbonyl (C=O) groups is 1. The number of nitrogens with zero attached hydrogens (tertiary/aromatic N) is 2. The average molecular weight is 281 g/mol. The summed E-state index contributed by atoms with van der Waals surface area (Å²) < 4.78 is 12.9. The van der Waals surface area contributed by atoms with E-state index in [1.165, 1.54) is 0 Å². The lowest BCUT2D eigenvalue weighted by atomic mass is 10.2. The van der Waals surface area contributed by atoms with Crippen molar-refractivity contribution in [3.63, 3.8) is 0 Å². The second-order valence-corrected chi connectivity index (χ2v) is 4.95. The van der Waals surface area contributed by atoms with Gasteiger partial charge in [-0.3, -0.25) is 0 Å². The highest BCUT2D eigenvalue weighted by molar-refractivity contribution is 7.09. The number of hydrogen-bond acceptors (Lipinski definition) is 5. The molecule has 5 nitrogen and oxygen atoms in total. The van der Waals surface area contributed by atoms with Gasteiger partial charge < -0.3 is 10.4 Å². The summed E-state index contributed by atoms with van der Waals surface area (Å²) in [4.78, 5) is 19.0. The summed E-state index contributed by atoms with van der Waals surface area (Å²) in [6.45, 7) is 2.41. The Kier molecular flexibility index (Phi) is 4.06. The fourth-order valence-electron chi connectivity index (χ4n) is 1.58. The van der Waals surface area contributed by atoms with Crippen molar-refractivity contribution in [2.75, 3.05) is 11.9 Å². The zero-order chi connectivity index (χ0) is 13.8. The molecule has 19 heavy (non-hydrogen) atoms. The first-order chi connectivity index (χ1) is 9.06. The molecule has 0 fully saturated rings. The van der Waals surface area contributed by atoms with E-state index < -0.39 is 11.8 Å². The van der Waals surface area contributed by atoms with E-state index in [0.717, 1.165) is 23.0 Å². The lowest BCUT2D eigenvalue weighted by molar-refractivity contribution is 0.0697. The van der Waals surface area contributed by atoms with Crippen LogP contribution in [0.2, 0.25) is 0 Å². The molecule has 0 aliphatic heterocycles. The summed E-state index contributed by atoms with van der Waals surface area (Å²) in [5, 5.41) is 14.8. The van der Waals surface area contributed by atoms with Crippen molar-refractivity contribution in [3.8, 4) is 0 Å². The smallest absolute Gasteiger partial charge is 0.339 e. The Balaban J connectivity index is 2.01. The molecule has 0 aromatic carbocycles. The van der Waals surface area contributed by atoms with E-state index in [-0.39, 0.29) is 11.4 Å². The third-order valence-corrected chi connectivity index (χ3v) is 3.25. The normalized spacial score (nSPS) is 10.4. The number of anilines is 1. The first-order valence-electron chi connectivity index (χ1n) is 5.60. The van der Waals surface area contributed by atoms with Crippen LogP contribution < -0.4 is 5.32 Å². The minimum absolute atomic E-state index is 0.167. The Bertz CT molecular complexity index is 600. The predicted octanol–water partition coefficient (Wildman–Crippen LogP) is 2.34. The number of pyridine rings is 1. The lowest BCUT2D eigenvalue weighted by Crippen LogP contribution is -2.11. The molecule has 0 saturated heterocycles. The number of aryl methyl sites for hydroxylation is 1. The minimum atomic E-state index is -1.21. The Morgan fingerprint density at radius 3 is 3.00 bits per heavy atom. The maximum atomic E-state index is 12.9. The van der Waals surface area contributed by atoms with Crippen molar-refractivity contribution < 1.29 is 14.3 Å². The summed E-state index contributed by atoms with van der Waals surface area (Å²) in [6.07, 6.45) is 1.64. The van der Waals surface area contributed by atoms with Gasteiger partial charge in [0, 0.05) is 18.3 Å². The van der Waals surface area contributed by atoms with E-state index in [0.29, 0.717) is 13.0 Å². The Labute approximate surface area is 113 Å². The van der Waals surface area contributed by atoms with E-state index in [4.69, 9.17) is 5.11 Å². The van der Waals surface area contributed by atoms with Gasteiger partial charge >= 0.3 is 5.97 Å². The summed E-state index contributed by atoms with van der Waals surface area (Å²) in [5.41, 5.74) is 0.767. The number of aromatic nitrogens is 2. The van der Waals surface area contributed by atoms with Crippen LogP contribution in [-0.4, -0.2) is 27.6 Å². The molecule has 0 atom stereocenters. The quantitative estimate of drug-likeness (QED) is 0.879. The van der Waals surface area contributed by atoms with Gasteiger partial charge in [0.2, 0.25) is 0 Å². The maximum Gasteiger partial charge on any atom is 0.339 e. The molecule has 2 aromatic rings. The molecule has 0 bridgehead atoms. The van der Waals surface area contributed by atoms with Crippen molar-refractivity contribution in [2.45, 2.75) is 13.3 Å². The zero-order valence-corrected chi connectivity index (χ0v) is 11.0.